The van der Waals surface area contributed by atoms with Crippen molar-refractivity contribution in [3.8, 4) is 0 Å². The van der Waals surface area contributed by atoms with Gasteiger partial charge in [-0.05, 0) is 18.8 Å². The lowest BCUT2D eigenvalue weighted by atomic mass is 10.0. The zero-order valence-electron chi connectivity index (χ0n) is 6.48. The van der Waals surface area contributed by atoms with E-state index in [0.29, 0.717) is 0 Å². The molecule has 0 aliphatic carbocycles. The molecule has 0 heterocycles. The first-order valence-corrected chi connectivity index (χ1v) is 3.47. The van der Waals surface area contributed by atoms with E-state index in [1.165, 1.54) is 6.42 Å². The average molecular weight is 124 g/mol. The monoisotopic (exact) mass is 124 g/mol. The molecule has 0 amide bonds. The first kappa shape index (κ1) is 8.48. The fourth-order valence-electron chi connectivity index (χ4n) is 0.576. The van der Waals surface area contributed by atoms with Crippen LogP contribution in [0.15, 0.2) is 24.8 Å². The van der Waals surface area contributed by atoms with Crippen molar-refractivity contribution in [2.75, 3.05) is 0 Å². The summed E-state index contributed by atoms with van der Waals surface area (Å²) in [6.45, 7) is 11.9. The van der Waals surface area contributed by atoms with Crippen LogP contribution in [0.25, 0.3) is 0 Å². The predicted octanol–water partition coefficient (Wildman–Crippen LogP) is 3.16. The Morgan fingerprint density at radius 2 is 2.11 bits per heavy atom. The quantitative estimate of drug-likeness (QED) is 0.505. The minimum absolute atomic E-state index is 0.779. The van der Waals surface area contributed by atoms with Gasteiger partial charge in [0.2, 0.25) is 0 Å². The molecule has 0 saturated heterocycles. The largest absolute Gasteiger partial charge is 0.0988 e. The lowest BCUT2D eigenvalue weighted by molar-refractivity contribution is 0.588. The maximum Gasteiger partial charge on any atom is -0.0283 e. The van der Waals surface area contributed by atoms with Crippen LogP contribution in [-0.2, 0) is 0 Å². The number of allylic oxidation sites excluding steroid dienone is 2. The molecule has 0 aromatic heterocycles. The molecule has 52 valence electrons. The van der Waals surface area contributed by atoms with Gasteiger partial charge >= 0.3 is 0 Å². The normalized spacial score (nSPS) is 9.67. The molecule has 0 N–H and O–H groups in total. The number of hydrogen-bond donors (Lipinski definition) is 0. The second-order valence-electron chi connectivity index (χ2n) is 2.79. The van der Waals surface area contributed by atoms with Crippen LogP contribution in [0.4, 0.5) is 0 Å². The molecule has 0 unspecified atom stereocenters. The fourth-order valence-corrected chi connectivity index (χ4v) is 0.576. The van der Waals surface area contributed by atoms with E-state index in [2.05, 4.69) is 27.0 Å². The summed E-state index contributed by atoms with van der Waals surface area (Å²) in [7, 11) is 0. The van der Waals surface area contributed by atoms with Crippen molar-refractivity contribution in [1.29, 1.82) is 0 Å². The summed E-state index contributed by atoms with van der Waals surface area (Å²) in [6.07, 6.45) is 4.16. The highest BCUT2D eigenvalue weighted by atomic mass is 14.0. The van der Waals surface area contributed by atoms with Crippen LogP contribution >= 0.6 is 0 Å². The van der Waals surface area contributed by atoms with Gasteiger partial charge in [0.15, 0.2) is 0 Å². The van der Waals surface area contributed by atoms with Gasteiger partial charge in [-0.15, -0.1) is 0 Å². The summed E-state index contributed by atoms with van der Waals surface area (Å²) in [5.41, 5.74) is 1.16. The highest BCUT2D eigenvalue weighted by Crippen LogP contribution is 2.09. The Hall–Kier alpha value is -0.520. The molecular weight excluding hydrogens is 108 g/mol. The predicted molar refractivity (Wildman–Crippen MR) is 43.4 cm³/mol. The SMILES string of the molecule is C=CC(=C)CCC(C)C. The van der Waals surface area contributed by atoms with Gasteiger partial charge < -0.3 is 0 Å². The van der Waals surface area contributed by atoms with Crippen LogP contribution in [0.1, 0.15) is 26.7 Å². The molecule has 0 fully saturated rings. The molecule has 0 atom stereocenters. The van der Waals surface area contributed by atoms with Crippen molar-refractivity contribution in [3.05, 3.63) is 24.8 Å². The highest BCUT2D eigenvalue weighted by molar-refractivity contribution is 5.10. The Kier molecular flexibility index (Phi) is 4.12. The van der Waals surface area contributed by atoms with E-state index in [0.717, 1.165) is 17.9 Å². The van der Waals surface area contributed by atoms with Crippen molar-refractivity contribution in [2.24, 2.45) is 5.92 Å². The van der Waals surface area contributed by atoms with E-state index >= 15 is 0 Å². The first-order chi connectivity index (χ1) is 4.16. The Morgan fingerprint density at radius 1 is 1.56 bits per heavy atom. The lowest BCUT2D eigenvalue weighted by Gasteiger charge is -2.02. The van der Waals surface area contributed by atoms with Gasteiger partial charge in [0, 0.05) is 0 Å². The number of rotatable bonds is 4. The van der Waals surface area contributed by atoms with E-state index in [1.54, 1.807) is 0 Å². The smallest absolute Gasteiger partial charge is 0.0283 e. The standard InChI is InChI=1S/C9H16/c1-5-9(4)7-6-8(2)3/h5,8H,1,4,6-7H2,2-3H3. The van der Waals surface area contributed by atoms with Crippen LogP contribution in [0, 0.1) is 5.92 Å². The second-order valence-corrected chi connectivity index (χ2v) is 2.79. The molecule has 0 bridgehead atoms. The number of hydrogen-bond acceptors (Lipinski definition) is 0. The van der Waals surface area contributed by atoms with Crippen molar-refractivity contribution >= 4 is 0 Å². The zero-order chi connectivity index (χ0) is 7.28. The molecule has 0 nitrogen and oxygen atoms in total. The van der Waals surface area contributed by atoms with Gasteiger partial charge in [0.05, 0.1) is 0 Å². The molecule has 0 saturated carbocycles. The summed E-state index contributed by atoms with van der Waals surface area (Å²) in [5, 5.41) is 0. The molecule has 0 aliphatic heterocycles. The fraction of sp³-hybridized carbons (Fsp3) is 0.556. The van der Waals surface area contributed by atoms with E-state index in [9.17, 15) is 0 Å². The van der Waals surface area contributed by atoms with Crippen LogP contribution < -0.4 is 0 Å². The van der Waals surface area contributed by atoms with Crippen LogP contribution in [0.2, 0.25) is 0 Å². The molecule has 0 rings (SSSR count). The van der Waals surface area contributed by atoms with Gasteiger partial charge in [0.25, 0.3) is 0 Å². The topological polar surface area (TPSA) is 0 Å². The first-order valence-electron chi connectivity index (χ1n) is 3.47. The van der Waals surface area contributed by atoms with Crippen LogP contribution in [0.3, 0.4) is 0 Å². The Balaban J connectivity index is 3.27. The zero-order valence-corrected chi connectivity index (χ0v) is 6.48. The molecule has 0 aliphatic rings. The van der Waals surface area contributed by atoms with Gasteiger partial charge in [-0.2, -0.15) is 0 Å². The molecular formula is C9H16. The Bertz CT molecular complexity index is 98.6. The van der Waals surface area contributed by atoms with Gasteiger partial charge in [-0.3, -0.25) is 0 Å². The summed E-state index contributed by atoms with van der Waals surface area (Å²) in [4.78, 5) is 0. The maximum absolute atomic E-state index is 3.83. The molecule has 0 spiro atoms. The third-order valence-corrected chi connectivity index (χ3v) is 1.33. The van der Waals surface area contributed by atoms with Crippen LogP contribution in [-0.4, -0.2) is 0 Å². The maximum atomic E-state index is 3.83. The molecule has 0 aromatic rings. The minimum Gasteiger partial charge on any atom is -0.0988 e. The molecule has 9 heavy (non-hydrogen) atoms. The summed E-state index contributed by atoms with van der Waals surface area (Å²) in [6, 6.07) is 0. The summed E-state index contributed by atoms with van der Waals surface area (Å²) in [5.74, 6) is 0.779. The summed E-state index contributed by atoms with van der Waals surface area (Å²) < 4.78 is 0. The minimum atomic E-state index is 0.779. The van der Waals surface area contributed by atoms with Crippen molar-refractivity contribution in [3.63, 3.8) is 0 Å². The molecule has 0 aromatic carbocycles. The lowest BCUT2D eigenvalue weighted by Crippen LogP contribution is -1.86. The van der Waals surface area contributed by atoms with E-state index in [-0.39, 0.29) is 0 Å². The van der Waals surface area contributed by atoms with E-state index in [4.69, 9.17) is 0 Å². The third kappa shape index (κ3) is 5.35. The van der Waals surface area contributed by atoms with Gasteiger partial charge in [0.1, 0.15) is 0 Å². The average Bonchev–Trinajstić information content (AvgIpc) is 1.83. The molecule has 0 heteroatoms. The van der Waals surface area contributed by atoms with E-state index in [1.807, 2.05) is 6.08 Å². The second kappa shape index (κ2) is 4.37. The Labute approximate surface area is 58.3 Å². The van der Waals surface area contributed by atoms with Crippen molar-refractivity contribution in [1.82, 2.24) is 0 Å². The summed E-state index contributed by atoms with van der Waals surface area (Å²) >= 11 is 0. The van der Waals surface area contributed by atoms with Crippen LogP contribution in [0.5, 0.6) is 0 Å². The van der Waals surface area contributed by atoms with E-state index < -0.39 is 0 Å². The third-order valence-electron chi connectivity index (χ3n) is 1.33. The van der Waals surface area contributed by atoms with Gasteiger partial charge in [-0.25, -0.2) is 0 Å². The van der Waals surface area contributed by atoms with Crippen molar-refractivity contribution < 1.29 is 0 Å². The highest BCUT2D eigenvalue weighted by Gasteiger charge is 1.92. The molecule has 0 radical (unpaired) electrons. The Morgan fingerprint density at radius 3 is 2.44 bits per heavy atom. The van der Waals surface area contributed by atoms with Crippen molar-refractivity contribution in [2.45, 2.75) is 26.7 Å². The van der Waals surface area contributed by atoms with Gasteiger partial charge in [-0.1, -0.05) is 38.7 Å².